The second-order valence-corrected chi connectivity index (χ2v) is 5.71. The molecule has 1 fully saturated rings. The third-order valence-corrected chi connectivity index (χ3v) is 4.46. The van der Waals surface area contributed by atoms with E-state index in [0.29, 0.717) is 12.6 Å². The summed E-state index contributed by atoms with van der Waals surface area (Å²) in [4.78, 5) is 9.16. The monoisotopic (exact) mass is 251 g/mol. The largest absolute Gasteiger partial charge is 0.337 e. The zero-order valence-corrected chi connectivity index (χ0v) is 11.9. The smallest absolute Gasteiger partial charge is 0.122 e. The molecule has 0 saturated carbocycles. The van der Waals surface area contributed by atoms with Crippen LogP contribution >= 0.6 is 0 Å². The third-order valence-electron chi connectivity index (χ3n) is 4.46. The van der Waals surface area contributed by atoms with Crippen LogP contribution in [-0.2, 0) is 13.6 Å². The molecule has 0 spiro atoms. The minimum Gasteiger partial charge on any atom is -0.337 e. The van der Waals surface area contributed by atoms with Crippen LogP contribution in [0.2, 0.25) is 0 Å². The first-order chi connectivity index (χ1) is 8.48. The van der Waals surface area contributed by atoms with Gasteiger partial charge in [-0.15, -0.1) is 0 Å². The number of aryl methyl sites for hydroxylation is 1. The molecule has 0 radical (unpaired) electrons. The van der Waals surface area contributed by atoms with E-state index in [1.807, 2.05) is 19.4 Å². The number of hydrogen-bond donors (Lipinski definition) is 1. The van der Waals surface area contributed by atoms with Gasteiger partial charge in [-0.2, -0.15) is 0 Å². The maximum absolute atomic E-state index is 6.07. The van der Waals surface area contributed by atoms with Crippen LogP contribution in [0.25, 0.3) is 0 Å². The van der Waals surface area contributed by atoms with E-state index < -0.39 is 0 Å². The molecule has 2 heterocycles. The summed E-state index contributed by atoms with van der Waals surface area (Å²) < 4.78 is 2.07. The van der Waals surface area contributed by atoms with Crippen molar-refractivity contribution in [3.05, 3.63) is 18.2 Å². The molecule has 0 amide bonds. The lowest BCUT2D eigenvalue weighted by Crippen LogP contribution is -2.53. The molecule has 2 rings (SSSR count). The third kappa shape index (κ3) is 2.30. The fourth-order valence-electron chi connectivity index (χ4n) is 2.90. The molecule has 102 valence electrons. The Labute approximate surface area is 110 Å². The van der Waals surface area contributed by atoms with Crippen molar-refractivity contribution >= 4 is 0 Å². The number of imidazole rings is 1. The predicted octanol–water partition coefficient (Wildman–Crippen LogP) is 0.273. The van der Waals surface area contributed by atoms with Crippen molar-refractivity contribution in [1.82, 2.24) is 19.4 Å². The zero-order valence-electron chi connectivity index (χ0n) is 11.9. The lowest BCUT2D eigenvalue weighted by Gasteiger charge is -2.37. The van der Waals surface area contributed by atoms with Crippen molar-refractivity contribution in [3.63, 3.8) is 0 Å². The van der Waals surface area contributed by atoms with Crippen molar-refractivity contribution in [1.29, 1.82) is 0 Å². The summed E-state index contributed by atoms with van der Waals surface area (Å²) >= 11 is 0. The number of aromatic nitrogens is 2. The van der Waals surface area contributed by atoms with E-state index in [9.17, 15) is 0 Å². The highest BCUT2D eigenvalue weighted by Gasteiger charge is 2.42. The summed E-state index contributed by atoms with van der Waals surface area (Å²) in [6, 6.07) is 0.595. The zero-order chi connectivity index (χ0) is 13.3. The molecule has 2 N–H and O–H groups in total. The first kappa shape index (κ1) is 13.5. The molecule has 1 aromatic heterocycles. The van der Waals surface area contributed by atoms with Gasteiger partial charge in [-0.25, -0.2) is 4.98 Å². The summed E-state index contributed by atoms with van der Waals surface area (Å²) in [5.74, 6) is 1.09. The van der Waals surface area contributed by atoms with E-state index in [-0.39, 0.29) is 5.54 Å². The molecule has 1 aliphatic heterocycles. The highest BCUT2D eigenvalue weighted by molar-refractivity contribution is 5.03. The number of rotatable bonds is 4. The van der Waals surface area contributed by atoms with E-state index in [0.717, 1.165) is 25.3 Å². The SMILES string of the molecule is CC1CC(CN)(N(C)Cc2nccn2C)CN1C. The van der Waals surface area contributed by atoms with Gasteiger partial charge in [0.05, 0.1) is 6.54 Å². The van der Waals surface area contributed by atoms with Gasteiger partial charge < -0.3 is 15.2 Å². The molecule has 0 aliphatic carbocycles. The highest BCUT2D eigenvalue weighted by Crippen LogP contribution is 2.30. The van der Waals surface area contributed by atoms with E-state index in [1.54, 1.807) is 0 Å². The summed E-state index contributed by atoms with van der Waals surface area (Å²) in [6.07, 6.45) is 4.96. The Morgan fingerprint density at radius 2 is 2.28 bits per heavy atom. The van der Waals surface area contributed by atoms with Crippen LogP contribution in [0.3, 0.4) is 0 Å². The first-order valence-corrected chi connectivity index (χ1v) is 6.56. The molecule has 18 heavy (non-hydrogen) atoms. The first-order valence-electron chi connectivity index (χ1n) is 6.56. The molecule has 5 nitrogen and oxygen atoms in total. The predicted molar refractivity (Wildman–Crippen MR) is 73.2 cm³/mol. The van der Waals surface area contributed by atoms with Gasteiger partial charge in [-0.05, 0) is 27.4 Å². The van der Waals surface area contributed by atoms with Gasteiger partial charge in [0.25, 0.3) is 0 Å². The number of hydrogen-bond acceptors (Lipinski definition) is 4. The Kier molecular flexibility index (Phi) is 3.75. The summed E-state index contributed by atoms with van der Waals surface area (Å²) in [7, 11) is 6.37. The van der Waals surface area contributed by atoms with Crippen molar-refractivity contribution in [2.24, 2.45) is 12.8 Å². The fraction of sp³-hybridized carbons (Fsp3) is 0.769. The van der Waals surface area contributed by atoms with E-state index in [1.165, 1.54) is 0 Å². The Bertz CT molecular complexity index is 390. The van der Waals surface area contributed by atoms with E-state index in [2.05, 4.69) is 40.4 Å². The second-order valence-electron chi connectivity index (χ2n) is 5.71. The minimum atomic E-state index is 0.0834. The maximum atomic E-state index is 6.07. The minimum absolute atomic E-state index is 0.0834. The Morgan fingerprint density at radius 3 is 2.72 bits per heavy atom. The standard InChI is InChI=1S/C13H25N5/c1-11-7-13(9-14,10-17(11)3)18(4)8-12-15-5-6-16(12)2/h5-6,11H,7-10,14H2,1-4H3. The van der Waals surface area contributed by atoms with Gasteiger partial charge >= 0.3 is 0 Å². The van der Waals surface area contributed by atoms with Crippen LogP contribution in [0.4, 0.5) is 0 Å². The molecule has 0 bridgehead atoms. The van der Waals surface area contributed by atoms with Gasteiger partial charge in [-0.1, -0.05) is 0 Å². The molecule has 5 heteroatoms. The average Bonchev–Trinajstić information content (AvgIpc) is 2.86. The van der Waals surface area contributed by atoms with Crippen LogP contribution in [0.5, 0.6) is 0 Å². The summed E-state index contributed by atoms with van der Waals surface area (Å²) in [6.45, 7) is 4.85. The molecular weight excluding hydrogens is 226 g/mol. The molecule has 2 atom stereocenters. The molecule has 1 saturated heterocycles. The van der Waals surface area contributed by atoms with Crippen LogP contribution in [-0.4, -0.2) is 58.1 Å². The fourth-order valence-corrected chi connectivity index (χ4v) is 2.90. The molecule has 1 aromatic rings. The van der Waals surface area contributed by atoms with Crippen LogP contribution in [0, 0.1) is 0 Å². The van der Waals surface area contributed by atoms with Gasteiger partial charge in [-0.3, -0.25) is 4.90 Å². The Hall–Kier alpha value is -0.910. The highest BCUT2D eigenvalue weighted by atomic mass is 15.3. The van der Waals surface area contributed by atoms with Gasteiger partial charge in [0.15, 0.2) is 0 Å². The Balaban J connectivity index is 2.11. The Morgan fingerprint density at radius 1 is 1.56 bits per heavy atom. The average molecular weight is 251 g/mol. The number of nitrogens with two attached hydrogens (primary N) is 1. The summed E-state index contributed by atoms with van der Waals surface area (Å²) in [5, 5.41) is 0. The molecule has 0 aromatic carbocycles. The van der Waals surface area contributed by atoms with Gasteiger partial charge in [0.1, 0.15) is 5.82 Å². The maximum Gasteiger partial charge on any atom is 0.122 e. The van der Waals surface area contributed by atoms with Gasteiger partial charge in [0, 0.05) is 44.1 Å². The lowest BCUT2D eigenvalue weighted by molar-refractivity contribution is 0.121. The van der Waals surface area contributed by atoms with E-state index >= 15 is 0 Å². The topological polar surface area (TPSA) is 50.3 Å². The second kappa shape index (κ2) is 4.99. The summed E-state index contributed by atoms with van der Waals surface area (Å²) in [5.41, 5.74) is 6.15. The number of likely N-dealkylation sites (tertiary alicyclic amines) is 1. The quantitative estimate of drug-likeness (QED) is 0.835. The van der Waals surface area contributed by atoms with Crippen molar-refractivity contribution in [3.8, 4) is 0 Å². The van der Waals surface area contributed by atoms with Crippen molar-refractivity contribution < 1.29 is 0 Å². The van der Waals surface area contributed by atoms with Crippen LogP contribution in [0.15, 0.2) is 12.4 Å². The lowest BCUT2D eigenvalue weighted by atomic mass is 9.94. The van der Waals surface area contributed by atoms with Crippen LogP contribution in [0.1, 0.15) is 19.2 Å². The van der Waals surface area contributed by atoms with Crippen molar-refractivity contribution in [2.75, 3.05) is 27.2 Å². The normalized spacial score (nSPS) is 29.3. The molecular formula is C13H25N5. The van der Waals surface area contributed by atoms with E-state index in [4.69, 9.17) is 5.73 Å². The molecule has 1 aliphatic rings. The number of likely N-dealkylation sites (N-methyl/N-ethyl adjacent to an activating group) is 2. The number of nitrogens with zero attached hydrogens (tertiary/aromatic N) is 4. The molecule has 2 unspecified atom stereocenters. The van der Waals surface area contributed by atoms with Crippen LogP contribution < -0.4 is 5.73 Å². The van der Waals surface area contributed by atoms with Gasteiger partial charge in [0.2, 0.25) is 0 Å². The van der Waals surface area contributed by atoms with Crippen molar-refractivity contribution in [2.45, 2.75) is 31.5 Å².